The maximum atomic E-state index is 8.86. The van der Waals surface area contributed by atoms with Crippen LogP contribution >= 0.6 is 11.3 Å². The summed E-state index contributed by atoms with van der Waals surface area (Å²) >= 11 is 1.66. The number of aliphatic hydroxyl groups is 1. The second-order valence-electron chi connectivity index (χ2n) is 3.26. The molecule has 0 spiro atoms. The van der Waals surface area contributed by atoms with E-state index >= 15 is 0 Å². The highest BCUT2D eigenvalue weighted by atomic mass is 32.1. The smallest absolute Gasteiger partial charge is 0.0794 e. The van der Waals surface area contributed by atoms with Gasteiger partial charge in [0.05, 0.1) is 12.1 Å². The molecule has 0 bridgehead atoms. The Morgan fingerprint density at radius 2 is 2.38 bits per heavy atom. The summed E-state index contributed by atoms with van der Waals surface area (Å²) in [7, 11) is 0. The van der Waals surface area contributed by atoms with Crippen LogP contribution in [0.2, 0.25) is 0 Å². The predicted octanol–water partition coefficient (Wildman–Crippen LogP) is 1.35. The molecule has 0 aliphatic carbocycles. The fourth-order valence-corrected chi connectivity index (χ4v) is 1.79. The van der Waals surface area contributed by atoms with E-state index < -0.39 is 0 Å². The number of aromatic nitrogens is 1. The summed E-state index contributed by atoms with van der Waals surface area (Å²) in [6, 6.07) is 0.467. The Kier molecular flexibility index (Phi) is 4.35. The van der Waals surface area contributed by atoms with Crippen molar-refractivity contribution in [3.8, 4) is 0 Å². The van der Waals surface area contributed by atoms with Crippen LogP contribution in [0.15, 0.2) is 11.7 Å². The maximum Gasteiger partial charge on any atom is 0.0794 e. The van der Waals surface area contributed by atoms with Gasteiger partial charge in [0.2, 0.25) is 0 Å². The fourth-order valence-electron chi connectivity index (χ4n) is 1.17. The zero-order valence-electron chi connectivity index (χ0n) is 8.10. The molecule has 1 aromatic rings. The largest absolute Gasteiger partial charge is 0.395 e. The minimum Gasteiger partial charge on any atom is -0.395 e. The quantitative estimate of drug-likeness (QED) is 0.779. The van der Waals surface area contributed by atoms with E-state index in [0.717, 1.165) is 13.1 Å². The molecule has 0 radical (unpaired) electrons. The van der Waals surface area contributed by atoms with Gasteiger partial charge in [0.1, 0.15) is 0 Å². The predicted molar refractivity (Wildman–Crippen MR) is 54.7 cm³/mol. The summed E-state index contributed by atoms with van der Waals surface area (Å²) in [6.45, 7) is 6.11. The number of aliphatic hydroxyl groups excluding tert-OH is 1. The van der Waals surface area contributed by atoms with Crippen molar-refractivity contribution in [3.05, 3.63) is 16.6 Å². The van der Waals surface area contributed by atoms with Crippen LogP contribution in [0.25, 0.3) is 0 Å². The van der Waals surface area contributed by atoms with Crippen molar-refractivity contribution in [1.82, 2.24) is 9.88 Å². The molecule has 1 N–H and O–H groups in total. The van der Waals surface area contributed by atoms with Gasteiger partial charge in [-0.1, -0.05) is 0 Å². The van der Waals surface area contributed by atoms with E-state index in [2.05, 4.69) is 23.7 Å². The Hall–Kier alpha value is -0.450. The highest BCUT2D eigenvalue weighted by Gasteiger charge is 2.09. The standard InChI is InChI=1S/C9H16N2OS/c1-8(2)11(3-4-12)6-9-5-10-7-13-9/h5,7-8,12H,3-4,6H2,1-2H3. The highest BCUT2D eigenvalue weighted by molar-refractivity contribution is 7.09. The lowest BCUT2D eigenvalue weighted by Gasteiger charge is -2.24. The Labute approximate surface area is 83.0 Å². The van der Waals surface area contributed by atoms with Gasteiger partial charge < -0.3 is 5.11 Å². The lowest BCUT2D eigenvalue weighted by atomic mass is 10.3. The molecule has 0 fully saturated rings. The van der Waals surface area contributed by atoms with Gasteiger partial charge in [-0.25, -0.2) is 0 Å². The summed E-state index contributed by atoms with van der Waals surface area (Å²) < 4.78 is 0. The minimum atomic E-state index is 0.219. The van der Waals surface area contributed by atoms with Crippen molar-refractivity contribution >= 4 is 11.3 Å². The lowest BCUT2D eigenvalue weighted by molar-refractivity contribution is 0.160. The van der Waals surface area contributed by atoms with E-state index in [1.54, 1.807) is 11.3 Å². The highest BCUT2D eigenvalue weighted by Crippen LogP contribution is 2.11. The van der Waals surface area contributed by atoms with Gasteiger partial charge in [-0.2, -0.15) is 0 Å². The number of thiazole rings is 1. The van der Waals surface area contributed by atoms with Gasteiger partial charge in [-0.3, -0.25) is 9.88 Å². The molecule has 3 nitrogen and oxygen atoms in total. The molecule has 0 amide bonds. The van der Waals surface area contributed by atoms with Crippen LogP contribution in [-0.2, 0) is 6.54 Å². The van der Waals surface area contributed by atoms with Crippen molar-refractivity contribution in [3.63, 3.8) is 0 Å². The molecule has 13 heavy (non-hydrogen) atoms. The molecule has 74 valence electrons. The molecule has 0 aliphatic rings. The Morgan fingerprint density at radius 3 is 2.85 bits per heavy atom. The van der Waals surface area contributed by atoms with Crippen LogP contribution in [-0.4, -0.2) is 34.2 Å². The van der Waals surface area contributed by atoms with Gasteiger partial charge in [0.25, 0.3) is 0 Å². The number of hydrogen-bond donors (Lipinski definition) is 1. The van der Waals surface area contributed by atoms with Crippen molar-refractivity contribution in [2.45, 2.75) is 26.4 Å². The Morgan fingerprint density at radius 1 is 1.62 bits per heavy atom. The van der Waals surface area contributed by atoms with Crippen molar-refractivity contribution in [1.29, 1.82) is 0 Å². The zero-order valence-corrected chi connectivity index (χ0v) is 8.92. The van der Waals surface area contributed by atoms with Crippen LogP contribution in [0.3, 0.4) is 0 Å². The van der Waals surface area contributed by atoms with E-state index in [1.807, 2.05) is 11.7 Å². The minimum absolute atomic E-state index is 0.219. The van der Waals surface area contributed by atoms with Gasteiger partial charge in [-0.05, 0) is 13.8 Å². The maximum absolute atomic E-state index is 8.86. The zero-order chi connectivity index (χ0) is 9.68. The molecule has 1 aromatic heterocycles. The third kappa shape index (κ3) is 3.42. The van der Waals surface area contributed by atoms with Gasteiger partial charge >= 0.3 is 0 Å². The molecular formula is C9H16N2OS. The first-order chi connectivity index (χ1) is 6.24. The molecule has 0 atom stereocenters. The van der Waals surface area contributed by atoms with E-state index in [0.29, 0.717) is 6.04 Å². The van der Waals surface area contributed by atoms with Crippen LogP contribution in [0, 0.1) is 0 Å². The van der Waals surface area contributed by atoms with Gasteiger partial charge in [0, 0.05) is 30.2 Å². The molecule has 0 saturated carbocycles. The Bertz CT molecular complexity index is 224. The molecule has 0 saturated heterocycles. The summed E-state index contributed by atoms with van der Waals surface area (Å²) in [5, 5.41) is 8.86. The first kappa shape index (κ1) is 10.6. The number of nitrogens with zero attached hydrogens (tertiary/aromatic N) is 2. The van der Waals surface area contributed by atoms with E-state index in [-0.39, 0.29) is 6.61 Å². The second kappa shape index (κ2) is 5.32. The normalized spacial score (nSPS) is 11.5. The summed E-state index contributed by atoms with van der Waals surface area (Å²) in [5.74, 6) is 0. The number of hydrogen-bond acceptors (Lipinski definition) is 4. The third-order valence-electron chi connectivity index (χ3n) is 1.96. The summed E-state index contributed by atoms with van der Waals surface area (Å²) in [6.07, 6.45) is 1.89. The summed E-state index contributed by atoms with van der Waals surface area (Å²) in [5.41, 5.74) is 1.84. The molecule has 0 unspecified atom stereocenters. The van der Waals surface area contributed by atoms with E-state index in [4.69, 9.17) is 5.11 Å². The molecular weight excluding hydrogens is 184 g/mol. The first-order valence-electron chi connectivity index (χ1n) is 4.46. The second-order valence-corrected chi connectivity index (χ2v) is 4.23. The van der Waals surface area contributed by atoms with Gasteiger partial charge in [-0.15, -0.1) is 11.3 Å². The van der Waals surface area contributed by atoms with Crippen LogP contribution < -0.4 is 0 Å². The molecule has 0 aromatic carbocycles. The van der Waals surface area contributed by atoms with Crippen molar-refractivity contribution in [2.75, 3.05) is 13.2 Å². The van der Waals surface area contributed by atoms with Crippen molar-refractivity contribution in [2.24, 2.45) is 0 Å². The van der Waals surface area contributed by atoms with E-state index in [1.165, 1.54) is 4.88 Å². The first-order valence-corrected chi connectivity index (χ1v) is 5.34. The summed E-state index contributed by atoms with van der Waals surface area (Å²) in [4.78, 5) is 7.51. The van der Waals surface area contributed by atoms with E-state index in [9.17, 15) is 0 Å². The third-order valence-corrected chi connectivity index (χ3v) is 2.72. The molecule has 0 aliphatic heterocycles. The monoisotopic (exact) mass is 200 g/mol. The molecule has 1 rings (SSSR count). The van der Waals surface area contributed by atoms with Crippen molar-refractivity contribution < 1.29 is 5.11 Å². The van der Waals surface area contributed by atoms with Crippen LogP contribution in [0.5, 0.6) is 0 Å². The average molecular weight is 200 g/mol. The fraction of sp³-hybridized carbons (Fsp3) is 0.667. The molecule has 4 heteroatoms. The topological polar surface area (TPSA) is 36.4 Å². The van der Waals surface area contributed by atoms with Crippen LogP contribution in [0.4, 0.5) is 0 Å². The average Bonchev–Trinajstić information content (AvgIpc) is 2.56. The SMILES string of the molecule is CC(C)N(CCO)Cc1cncs1. The molecule has 1 heterocycles. The Balaban J connectivity index is 2.47. The van der Waals surface area contributed by atoms with Crippen LogP contribution in [0.1, 0.15) is 18.7 Å². The number of rotatable bonds is 5. The van der Waals surface area contributed by atoms with Gasteiger partial charge in [0.15, 0.2) is 0 Å². The lowest BCUT2D eigenvalue weighted by Crippen LogP contribution is -2.32.